The number of sulfone groups is 1. The van der Waals surface area contributed by atoms with Crippen molar-refractivity contribution in [1.29, 1.82) is 0 Å². The van der Waals surface area contributed by atoms with E-state index in [4.69, 9.17) is 14.7 Å². The zero-order valence-electron chi connectivity index (χ0n) is 17.5. The maximum absolute atomic E-state index is 13.4. The Labute approximate surface area is 177 Å². The van der Waals surface area contributed by atoms with Gasteiger partial charge in [0.2, 0.25) is 5.91 Å². The molecule has 2 aromatic rings. The molecule has 7 nitrogen and oxygen atoms in total. The van der Waals surface area contributed by atoms with Gasteiger partial charge in [0.05, 0.1) is 30.3 Å². The Hall–Kier alpha value is -2.58. The molecule has 30 heavy (non-hydrogen) atoms. The van der Waals surface area contributed by atoms with Crippen LogP contribution in [-0.2, 0) is 21.1 Å². The first kappa shape index (κ1) is 23.7. The number of amides is 1. The summed E-state index contributed by atoms with van der Waals surface area (Å²) in [4.78, 5) is 12.1. The van der Waals surface area contributed by atoms with Crippen LogP contribution in [0.1, 0.15) is 31.7 Å². The molecule has 0 bridgehead atoms. The molecule has 1 amide bonds. The lowest BCUT2D eigenvalue weighted by Crippen LogP contribution is -2.38. The summed E-state index contributed by atoms with van der Waals surface area (Å²) in [6, 6.07) is 14.3. The third-order valence-electron chi connectivity index (χ3n) is 5.21. The van der Waals surface area contributed by atoms with Gasteiger partial charge in [0.15, 0.2) is 21.3 Å². The van der Waals surface area contributed by atoms with Gasteiger partial charge in [-0.15, -0.1) is 0 Å². The van der Waals surface area contributed by atoms with Crippen LogP contribution in [-0.4, -0.2) is 39.0 Å². The average Bonchev–Trinajstić information content (AvgIpc) is 2.77. The number of carbonyl (C=O) groups excluding carboxylic acids is 1. The number of hydrogen-bond donors (Lipinski definition) is 2. The van der Waals surface area contributed by atoms with Crippen molar-refractivity contribution in [1.82, 2.24) is 5.48 Å². The van der Waals surface area contributed by atoms with Gasteiger partial charge in [-0.1, -0.05) is 43.7 Å². The van der Waals surface area contributed by atoms with Gasteiger partial charge in [0, 0.05) is 6.07 Å². The van der Waals surface area contributed by atoms with Crippen LogP contribution >= 0.6 is 0 Å². The second kappa shape index (κ2) is 11.0. The van der Waals surface area contributed by atoms with Crippen LogP contribution in [0.3, 0.4) is 0 Å². The topological polar surface area (TPSA) is 102 Å². The van der Waals surface area contributed by atoms with Gasteiger partial charge < -0.3 is 9.47 Å². The van der Waals surface area contributed by atoms with Gasteiger partial charge in [-0.3, -0.25) is 10.0 Å². The first-order chi connectivity index (χ1) is 14.3. The molecular formula is C22H29NO6S. The van der Waals surface area contributed by atoms with Crippen LogP contribution in [0.4, 0.5) is 0 Å². The molecule has 0 spiro atoms. The number of aryl methyl sites for hydroxylation is 1. The highest BCUT2D eigenvalue weighted by molar-refractivity contribution is 7.92. The molecule has 0 fully saturated rings. The first-order valence-electron chi connectivity index (χ1n) is 9.79. The summed E-state index contributed by atoms with van der Waals surface area (Å²) in [5.74, 6) is -0.949. The van der Waals surface area contributed by atoms with E-state index in [0.29, 0.717) is 17.9 Å². The molecule has 2 rings (SSSR count). The molecule has 0 aliphatic heterocycles. The van der Waals surface area contributed by atoms with Crippen LogP contribution in [0.5, 0.6) is 11.5 Å². The van der Waals surface area contributed by atoms with Crippen LogP contribution in [0.25, 0.3) is 0 Å². The number of hydroxylamine groups is 1. The Morgan fingerprint density at radius 3 is 2.30 bits per heavy atom. The molecule has 2 N–H and O–H groups in total. The van der Waals surface area contributed by atoms with Gasteiger partial charge in [-0.25, -0.2) is 13.9 Å². The van der Waals surface area contributed by atoms with E-state index in [-0.39, 0.29) is 11.3 Å². The van der Waals surface area contributed by atoms with E-state index in [1.807, 2.05) is 30.3 Å². The second-order valence-electron chi connectivity index (χ2n) is 7.10. The van der Waals surface area contributed by atoms with Crippen molar-refractivity contribution in [2.45, 2.75) is 42.8 Å². The Bertz CT molecular complexity index is 930. The number of hydrogen-bond acceptors (Lipinski definition) is 6. The van der Waals surface area contributed by atoms with E-state index in [1.165, 1.54) is 44.9 Å². The maximum atomic E-state index is 13.4. The molecule has 0 heterocycles. The minimum atomic E-state index is -3.87. The smallest absolute Gasteiger partial charge is 0.247 e. The molecule has 0 saturated carbocycles. The number of rotatable bonds is 11. The van der Waals surface area contributed by atoms with Gasteiger partial charge in [0.25, 0.3) is 0 Å². The number of carbonyl (C=O) groups is 1. The zero-order chi connectivity index (χ0) is 22.1. The van der Waals surface area contributed by atoms with Crippen molar-refractivity contribution in [2.24, 2.45) is 5.92 Å². The van der Waals surface area contributed by atoms with E-state index >= 15 is 0 Å². The van der Waals surface area contributed by atoms with Crippen LogP contribution in [0.15, 0.2) is 53.4 Å². The molecule has 0 aliphatic carbocycles. The van der Waals surface area contributed by atoms with Gasteiger partial charge in [-0.05, 0) is 37.0 Å². The molecule has 0 saturated heterocycles. The molecule has 8 heteroatoms. The van der Waals surface area contributed by atoms with Crippen molar-refractivity contribution < 1.29 is 27.9 Å². The Morgan fingerprint density at radius 1 is 1.03 bits per heavy atom. The number of ether oxygens (including phenoxy) is 2. The third-order valence-corrected chi connectivity index (χ3v) is 7.56. The molecular weight excluding hydrogens is 406 g/mol. The van der Waals surface area contributed by atoms with E-state index in [0.717, 1.165) is 12.8 Å². The summed E-state index contributed by atoms with van der Waals surface area (Å²) in [5.41, 5.74) is 2.76. The van der Waals surface area contributed by atoms with Gasteiger partial charge >= 0.3 is 0 Å². The van der Waals surface area contributed by atoms with Crippen LogP contribution in [0, 0.1) is 5.92 Å². The van der Waals surface area contributed by atoms with Crippen LogP contribution < -0.4 is 15.0 Å². The molecule has 2 unspecified atom stereocenters. The minimum Gasteiger partial charge on any atom is -0.493 e. The predicted octanol–water partition coefficient (Wildman–Crippen LogP) is 3.40. The lowest BCUT2D eigenvalue weighted by Gasteiger charge is -2.23. The highest BCUT2D eigenvalue weighted by Gasteiger charge is 2.36. The standard InChI is InChI=1S/C22H29NO6S/c1-16(22(24)23-25)21(12-8-7-11-17-9-5-4-6-10-17)30(26,27)18-13-14-19(28-2)20(15-18)29-3/h4-6,9-10,13-16,21,25H,7-8,11-12H2,1-3H3,(H,23,24). The highest BCUT2D eigenvalue weighted by Crippen LogP contribution is 2.33. The van der Waals surface area contributed by atoms with E-state index < -0.39 is 26.9 Å². The number of nitrogens with one attached hydrogen (secondary N) is 1. The number of benzene rings is 2. The average molecular weight is 436 g/mol. The van der Waals surface area contributed by atoms with Gasteiger partial charge in [0.1, 0.15) is 0 Å². The number of methoxy groups -OCH3 is 2. The third kappa shape index (κ3) is 5.73. The van der Waals surface area contributed by atoms with Crippen molar-refractivity contribution in [3.05, 3.63) is 54.1 Å². The summed E-state index contributed by atoms with van der Waals surface area (Å²) in [6.07, 6.45) is 2.52. The van der Waals surface area contributed by atoms with Crippen molar-refractivity contribution >= 4 is 15.7 Å². The summed E-state index contributed by atoms with van der Waals surface area (Å²) >= 11 is 0. The van der Waals surface area contributed by atoms with Crippen molar-refractivity contribution in [2.75, 3.05) is 14.2 Å². The van der Waals surface area contributed by atoms with Gasteiger partial charge in [-0.2, -0.15) is 0 Å². The SMILES string of the molecule is COc1ccc(S(=O)(=O)C(CCCCc2ccccc2)C(C)C(=O)NO)cc1OC. The molecule has 0 aromatic heterocycles. The lowest BCUT2D eigenvalue weighted by molar-refractivity contribution is -0.132. The summed E-state index contributed by atoms with van der Waals surface area (Å²) in [6.45, 7) is 1.51. The minimum absolute atomic E-state index is 0.0470. The highest BCUT2D eigenvalue weighted by atomic mass is 32.2. The number of unbranched alkanes of at least 4 members (excludes halogenated alkanes) is 1. The molecule has 0 aliphatic rings. The van der Waals surface area contributed by atoms with E-state index in [2.05, 4.69) is 0 Å². The monoisotopic (exact) mass is 435 g/mol. The zero-order valence-corrected chi connectivity index (χ0v) is 18.3. The maximum Gasteiger partial charge on any atom is 0.247 e. The Kier molecular flexibility index (Phi) is 8.68. The molecule has 0 radical (unpaired) electrons. The Morgan fingerprint density at radius 2 is 1.70 bits per heavy atom. The lowest BCUT2D eigenvalue weighted by atomic mass is 10.00. The van der Waals surface area contributed by atoms with E-state index in [1.54, 1.807) is 5.48 Å². The molecule has 2 atom stereocenters. The summed E-state index contributed by atoms with van der Waals surface area (Å²) in [7, 11) is -0.970. The fourth-order valence-electron chi connectivity index (χ4n) is 3.43. The fraction of sp³-hybridized carbons (Fsp3) is 0.409. The van der Waals surface area contributed by atoms with Crippen LogP contribution in [0.2, 0.25) is 0 Å². The molecule has 2 aromatic carbocycles. The quantitative estimate of drug-likeness (QED) is 0.319. The summed E-state index contributed by atoms with van der Waals surface area (Å²) < 4.78 is 37.1. The van der Waals surface area contributed by atoms with Crippen molar-refractivity contribution in [3.8, 4) is 11.5 Å². The van der Waals surface area contributed by atoms with E-state index in [9.17, 15) is 13.2 Å². The molecule has 164 valence electrons. The fourth-order valence-corrected chi connectivity index (χ4v) is 5.45. The van der Waals surface area contributed by atoms with Crippen molar-refractivity contribution in [3.63, 3.8) is 0 Å². The predicted molar refractivity (Wildman–Crippen MR) is 114 cm³/mol. The normalized spacial score (nSPS) is 13.3. The Balaban J connectivity index is 2.23. The first-order valence-corrected chi connectivity index (χ1v) is 11.3. The second-order valence-corrected chi connectivity index (χ2v) is 9.26. The largest absolute Gasteiger partial charge is 0.493 e. The summed E-state index contributed by atoms with van der Waals surface area (Å²) in [5, 5.41) is 8.04.